The topological polar surface area (TPSA) is 32.3 Å². The summed E-state index contributed by atoms with van der Waals surface area (Å²) in [6, 6.07) is 3.75. The normalized spacial score (nSPS) is 14.9. The third kappa shape index (κ3) is 3.79. The Bertz CT molecular complexity index is 390. The van der Waals surface area contributed by atoms with Crippen molar-refractivity contribution in [3.63, 3.8) is 0 Å². The maximum absolute atomic E-state index is 14.0. The zero-order chi connectivity index (χ0) is 13.9. The summed E-state index contributed by atoms with van der Waals surface area (Å²) in [5.41, 5.74) is 0.967. The minimum Gasteiger partial charge on any atom is -0.385 e. The predicted octanol–water partition coefficient (Wildman–Crippen LogP) is 3.04. The van der Waals surface area contributed by atoms with E-state index in [-0.39, 0.29) is 5.82 Å². The molecular weight excluding hydrogens is 229 g/mol. The standard InChI is InChI=1S/C15H24FNO/c1-10(2)17-7-6-15(5,18)14-12(4)8-11(3)9-13(14)16/h8-10,17-18H,6-7H2,1-5H3. The van der Waals surface area contributed by atoms with E-state index in [0.29, 0.717) is 24.6 Å². The summed E-state index contributed by atoms with van der Waals surface area (Å²) in [5.74, 6) is -0.318. The van der Waals surface area contributed by atoms with E-state index in [1.807, 2.05) is 33.8 Å². The largest absolute Gasteiger partial charge is 0.385 e. The zero-order valence-corrected chi connectivity index (χ0v) is 12.0. The zero-order valence-electron chi connectivity index (χ0n) is 12.0. The molecule has 0 aliphatic heterocycles. The lowest BCUT2D eigenvalue weighted by Gasteiger charge is -2.27. The van der Waals surface area contributed by atoms with Crippen molar-refractivity contribution >= 4 is 0 Å². The molecule has 1 aromatic rings. The average Bonchev–Trinajstić information content (AvgIpc) is 2.13. The van der Waals surface area contributed by atoms with Gasteiger partial charge in [-0.25, -0.2) is 4.39 Å². The molecule has 3 heteroatoms. The number of hydrogen-bond acceptors (Lipinski definition) is 2. The van der Waals surface area contributed by atoms with Crippen molar-refractivity contribution in [3.8, 4) is 0 Å². The maximum atomic E-state index is 14.0. The fraction of sp³-hybridized carbons (Fsp3) is 0.600. The van der Waals surface area contributed by atoms with Crippen LogP contribution in [0.25, 0.3) is 0 Å². The first-order valence-corrected chi connectivity index (χ1v) is 6.47. The van der Waals surface area contributed by atoms with Crippen LogP contribution in [-0.4, -0.2) is 17.7 Å². The number of hydrogen-bond donors (Lipinski definition) is 2. The van der Waals surface area contributed by atoms with Crippen LogP contribution in [0.2, 0.25) is 0 Å². The van der Waals surface area contributed by atoms with Gasteiger partial charge in [0.05, 0.1) is 5.60 Å². The number of aryl methyl sites for hydroxylation is 2. The van der Waals surface area contributed by atoms with Crippen molar-refractivity contribution in [2.45, 2.75) is 52.7 Å². The highest BCUT2D eigenvalue weighted by Gasteiger charge is 2.28. The van der Waals surface area contributed by atoms with Crippen LogP contribution in [0, 0.1) is 19.7 Å². The lowest BCUT2D eigenvalue weighted by atomic mass is 9.87. The highest BCUT2D eigenvalue weighted by molar-refractivity contribution is 5.35. The van der Waals surface area contributed by atoms with Gasteiger partial charge in [-0.15, -0.1) is 0 Å². The Morgan fingerprint density at radius 3 is 2.44 bits per heavy atom. The number of rotatable bonds is 5. The van der Waals surface area contributed by atoms with E-state index in [0.717, 1.165) is 11.1 Å². The second kappa shape index (κ2) is 5.81. The average molecular weight is 253 g/mol. The van der Waals surface area contributed by atoms with Crippen LogP contribution in [0.15, 0.2) is 12.1 Å². The van der Waals surface area contributed by atoms with Crippen molar-refractivity contribution in [3.05, 3.63) is 34.6 Å². The quantitative estimate of drug-likeness (QED) is 0.845. The molecule has 0 amide bonds. The molecule has 0 fully saturated rings. The Balaban J connectivity index is 2.90. The molecule has 0 saturated heterocycles. The van der Waals surface area contributed by atoms with Gasteiger partial charge >= 0.3 is 0 Å². The van der Waals surface area contributed by atoms with Gasteiger partial charge in [-0.2, -0.15) is 0 Å². The second-order valence-corrected chi connectivity index (χ2v) is 5.57. The molecule has 1 rings (SSSR count). The SMILES string of the molecule is Cc1cc(C)c(C(C)(O)CCNC(C)C)c(F)c1. The number of aliphatic hydroxyl groups is 1. The first-order chi connectivity index (χ1) is 8.24. The Morgan fingerprint density at radius 2 is 1.94 bits per heavy atom. The van der Waals surface area contributed by atoms with Gasteiger partial charge in [0.15, 0.2) is 0 Å². The Labute approximate surface area is 109 Å². The lowest BCUT2D eigenvalue weighted by molar-refractivity contribution is 0.0432. The smallest absolute Gasteiger partial charge is 0.129 e. The summed E-state index contributed by atoms with van der Waals surface area (Å²) in [4.78, 5) is 0. The minimum absolute atomic E-state index is 0.318. The summed E-state index contributed by atoms with van der Waals surface area (Å²) in [5, 5.41) is 13.7. The molecule has 102 valence electrons. The molecule has 1 atom stereocenters. The van der Waals surface area contributed by atoms with E-state index in [1.54, 1.807) is 6.92 Å². The van der Waals surface area contributed by atoms with Gasteiger partial charge in [-0.1, -0.05) is 19.9 Å². The van der Waals surface area contributed by atoms with Crippen LogP contribution in [0.4, 0.5) is 4.39 Å². The molecular formula is C15H24FNO. The third-order valence-corrected chi connectivity index (χ3v) is 3.13. The van der Waals surface area contributed by atoms with Crippen molar-refractivity contribution in [1.82, 2.24) is 5.32 Å². The lowest BCUT2D eigenvalue weighted by Crippen LogP contribution is -2.32. The fourth-order valence-electron chi connectivity index (χ4n) is 2.33. The van der Waals surface area contributed by atoms with Crippen LogP contribution < -0.4 is 5.32 Å². The summed E-state index contributed by atoms with van der Waals surface area (Å²) >= 11 is 0. The van der Waals surface area contributed by atoms with E-state index in [9.17, 15) is 9.50 Å². The van der Waals surface area contributed by atoms with Crippen LogP contribution in [0.3, 0.4) is 0 Å². The monoisotopic (exact) mass is 253 g/mol. The number of nitrogens with one attached hydrogen (secondary N) is 1. The van der Waals surface area contributed by atoms with Crippen molar-refractivity contribution in [2.75, 3.05) is 6.54 Å². The molecule has 0 aliphatic rings. The molecule has 1 unspecified atom stereocenters. The van der Waals surface area contributed by atoms with Crippen LogP contribution in [0.1, 0.15) is 43.9 Å². The number of benzene rings is 1. The molecule has 2 N–H and O–H groups in total. The van der Waals surface area contributed by atoms with Crippen LogP contribution in [-0.2, 0) is 5.60 Å². The minimum atomic E-state index is -1.14. The Kier molecular flexibility index (Phi) is 4.88. The molecule has 0 spiro atoms. The van der Waals surface area contributed by atoms with E-state index >= 15 is 0 Å². The summed E-state index contributed by atoms with van der Waals surface area (Å²) in [7, 11) is 0. The maximum Gasteiger partial charge on any atom is 0.129 e. The van der Waals surface area contributed by atoms with Gasteiger partial charge in [-0.3, -0.25) is 0 Å². The van der Waals surface area contributed by atoms with E-state index < -0.39 is 5.60 Å². The third-order valence-electron chi connectivity index (χ3n) is 3.13. The molecule has 0 aromatic heterocycles. The van der Waals surface area contributed by atoms with Crippen molar-refractivity contribution in [2.24, 2.45) is 0 Å². The predicted molar refractivity (Wildman–Crippen MR) is 73.2 cm³/mol. The van der Waals surface area contributed by atoms with Gasteiger partial charge < -0.3 is 10.4 Å². The van der Waals surface area contributed by atoms with Crippen LogP contribution in [0.5, 0.6) is 0 Å². The van der Waals surface area contributed by atoms with Crippen LogP contribution >= 0.6 is 0 Å². The van der Waals surface area contributed by atoms with E-state index in [4.69, 9.17) is 0 Å². The highest BCUT2D eigenvalue weighted by atomic mass is 19.1. The first-order valence-electron chi connectivity index (χ1n) is 6.47. The van der Waals surface area contributed by atoms with Crippen molar-refractivity contribution in [1.29, 1.82) is 0 Å². The Morgan fingerprint density at radius 1 is 1.33 bits per heavy atom. The molecule has 0 aliphatic carbocycles. The molecule has 0 saturated carbocycles. The Hall–Kier alpha value is -0.930. The molecule has 0 radical (unpaired) electrons. The first kappa shape index (κ1) is 15.1. The highest BCUT2D eigenvalue weighted by Crippen LogP contribution is 2.30. The molecule has 2 nitrogen and oxygen atoms in total. The molecule has 0 bridgehead atoms. The van der Waals surface area contributed by atoms with Gasteiger partial charge in [-0.05, 0) is 50.9 Å². The number of halogens is 1. The summed E-state index contributed by atoms with van der Waals surface area (Å²) in [6.45, 7) is 10.1. The van der Waals surface area contributed by atoms with Gasteiger partial charge in [0.25, 0.3) is 0 Å². The molecule has 0 heterocycles. The second-order valence-electron chi connectivity index (χ2n) is 5.57. The van der Waals surface area contributed by atoms with Gasteiger partial charge in [0.2, 0.25) is 0 Å². The van der Waals surface area contributed by atoms with Crippen molar-refractivity contribution < 1.29 is 9.50 Å². The molecule has 1 aromatic carbocycles. The fourth-order valence-corrected chi connectivity index (χ4v) is 2.33. The van der Waals surface area contributed by atoms with Gasteiger partial charge in [0.1, 0.15) is 5.82 Å². The van der Waals surface area contributed by atoms with Gasteiger partial charge in [0, 0.05) is 11.6 Å². The summed E-state index contributed by atoms with van der Waals surface area (Å²) < 4.78 is 14.0. The molecule has 18 heavy (non-hydrogen) atoms. The van der Waals surface area contributed by atoms with E-state index in [1.165, 1.54) is 6.07 Å². The summed E-state index contributed by atoms with van der Waals surface area (Å²) in [6.07, 6.45) is 0.492. The van der Waals surface area contributed by atoms with E-state index in [2.05, 4.69) is 5.32 Å².